The molecule has 2 bridgehead atoms. The van der Waals surface area contributed by atoms with E-state index in [9.17, 15) is 0 Å². The maximum Gasteiger partial charge on any atom is 0.187 e. The van der Waals surface area contributed by atoms with Crippen LogP contribution in [0, 0.1) is 11.8 Å². The second-order valence-corrected chi connectivity index (χ2v) is 5.93. The third-order valence-electron chi connectivity index (χ3n) is 4.01. The van der Waals surface area contributed by atoms with Crippen molar-refractivity contribution in [3.05, 3.63) is 54.1 Å². The van der Waals surface area contributed by atoms with E-state index in [-0.39, 0.29) is 0 Å². The molecule has 0 spiro atoms. The molecular weight excluding hydrogens is 278 g/mol. The van der Waals surface area contributed by atoms with Gasteiger partial charge in [0, 0.05) is 12.3 Å². The summed E-state index contributed by atoms with van der Waals surface area (Å²) in [5.74, 6) is 1.38. The first-order valence-electron chi connectivity index (χ1n) is 7.31. The minimum atomic E-state index is 0.468. The molecule has 3 unspecified atom stereocenters. The molecule has 4 heteroatoms. The molecular formula is C17H19N3S. The van der Waals surface area contributed by atoms with E-state index in [1.54, 1.807) is 6.21 Å². The van der Waals surface area contributed by atoms with Crippen LogP contribution in [0.25, 0.3) is 6.08 Å². The molecule has 0 heterocycles. The Morgan fingerprint density at radius 1 is 1.19 bits per heavy atom. The third-order valence-corrected chi connectivity index (χ3v) is 4.22. The standard InChI is InChI=1S/C17H19N3S/c21-17(19-16-12-14-8-9-15(16)11-14)20-18-10-4-7-13-5-2-1-3-6-13/h1-10,14-16H,11-12H2,(H2,19,20,21)/b7-4+,18-10-. The van der Waals surface area contributed by atoms with Crippen LogP contribution in [-0.4, -0.2) is 17.4 Å². The zero-order valence-electron chi connectivity index (χ0n) is 11.8. The fraction of sp³-hybridized carbons (Fsp3) is 0.294. The van der Waals surface area contributed by atoms with Gasteiger partial charge in [-0.05, 0) is 48.5 Å². The second-order valence-electron chi connectivity index (χ2n) is 5.52. The Morgan fingerprint density at radius 2 is 2.05 bits per heavy atom. The number of benzene rings is 1. The smallest absolute Gasteiger partial charge is 0.187 e. The molecule has 1 aromatic rings. The second kappa shape index (κ2) is 6.68. The van der Waals surface area contributed by atoms with E-state index in [0.29, 0.717) is 17.1 Å². The van der Waals surface area contributed by atoms with Crippen molar-refractivity contribution < 1.29 is 0 Å². The van der Waals surface area contributed by atoms with E-state index in [2.05, 4.69) is 28.0 Å². The molecule has 3 nitrogen and oxygen atoms in total. The van der Waals surface area contributed by atoms with Crippen molar-refractivity contribution in [3.8, 4) is 0 Å². The van der Waals surface area contributed by atoms with E-state index in [1.165, 1.54) is 12.8 Å². The summed E-state index contributed by atoms with van der Waals surface area (Å²) in [6.45, 7) is 0. The van der Waals surface area contributed by atoms with Crippen LogP contribution in [0.4, 0.5) is 0 Å². The molecule has 21 heavy (non-hydrogen) atoms. The maximum absolute atomic E-state index is 5.27. The minimum Gasteiger partial charge on any atom is -0.358 e. The number of allylic oxidation sites excluding steroid dienone is 2. The van der Waals surface area contributed by atoms with E-state index in [1.807, 2.05) is 42.5 Å². The quantitative estimate of drug-likeness (QED) is 0.388. The summed E-state index contributed by atoms with van der Waals surface area (Å²) in [6.07, 6.45) is 12.7. The zero-order valence-corrected chi connectivity index (χ0v) is 12.6. The zero-order chi connectivity index (χ0) is 14.5. The van der Waals surface area contributed by atoms with Crippen molar-refractivity contribution in [1.82, 2.24) is 10.7 Å². The summed E-state index contributed by atoms with van der Waals surface area (Å²) in [6, 6.07) is 10.6. The first kappa shape index (κ1) is 14.0. The molecule has 0 saturated heterocycles. The van der Waals surface area contributed by atoms with Gasteiger partial charge in [0.1, 0.15) is 0 Å². The molecule has 0 aliphatic heterocycles. The molecule has 2 aliphatic carbocycles. The van der Waals surface area contributed by atoms with Crippen LogP contribution < -0.4 is 10.7 Å². The van der Waals surface area contributed by atoms with Gasteiger partial charge in [-0.25, -0.2) is 0 Å². The maximum atomic E-state index is 5.27. The third kappa shape index (κ3) is 3.79. The first-order valence-corrected chi connectivity index (χ1v) is 7.72. The lowest BCUT2D eigenvalue weighted by molar-refractivity contribution is 0.521. The van der Waals surface area contributed by atoms with Gasteiger partial charge in [-0.15, -0.1) is 0 Å². The Bertz CT molecular complexity index is 577. The van der Waals surface area contributed by atoms with Crippen LogP contribution in [-0.2, 0) is 0 Å². The van der Waals surface area contributed by atoms with E-state index < -0.39 is 0 Å². The number of nitrogens with one attached hydrogen (secondary N) is 2. The fourth-order valence-electron chi connectivity index (χ4n) is 3.00. The average molecular weight is 297 g/mol. The molecule has 1 aromatic carbocycles. The van der Waals surface area contributed by atoms with Gasteiger partial charge in [0.25, 0.3) is 0 Å². The van der Waals surface area contributed by atoms with Crippen molar-refractivity contribution in [1.29, 1.82) is 0 Å². The van der Waals surface area contributed by atoms with Gasteiger partial charge in [0.05, 0.1) is 0 Å². The van der Waals surface area contributed by atoms with E-state index >= 15 is 0 Å². The molecule has 1 fully saturated rings. The van der Waals surface area contributed by atoms with Crippen molar-refractivity contribution in [3.63, 3.8) is 0 Å². The van der Waals surface area contributed by atoms with E-state index in [4.69, 9.17) is 12.2 Å². The minimum absolute atomic E-state index is 0.468. The summed E-state index contributed by atoms with van der Waals surface area (Å²) < 4.78 is 0. The van der Waals surface area contributed by atoms with Crippen molar-refractivity contribution in [2.75, 3.05) is 0 Å². The van der Waals surface area contributed by atoms with Crippen molar-refractivity contribution in [2.24, 2.45) is 16.9 Å². The van der Waals surface area contributed by atoms with Crippen LogP contribution >= 0.6 is 12.2 Å². The first-order chi connectivity index (χ1) is 10.3. The normalized spacial score (nSPS) is 26.8. The monoisotopic (exact) mass is 297 g/mol. The van der Waals surface area contributed by atoms with Gasteiger partial charge in [0.2, 0.25) is 0 Å². The van der Waals surface area contributed by atoms with Gasteiger partial charge < -0.3 is 5.32 Å². The highest BCUT2D eigenvalue weighted by Gasteiger charge is 2.35. The number of hydrazone groups is 1. The van der Waals surface area contributed by atoms with Crippen LogP contribution in [0.15, 0.2) is 53.7 Å². The van der Waals surface area contributed by atoms with Crippen LogP contribution in [0.3, 0.4) is 0 Å². The number of fused-ring (bicyclic) bond motifs is 2. The summed E-state index contributed by atoms with van der Waals surface area (Å²) in [5.41, 5.74) is 4.02. The summed E-state index contributed by atoms with van der Waals surface area (Å²) >= 11 is 5.27. The van der Waals surface area contributed by atoms with Gasteiger partial charge in [-0.1, -0.05) is 48.6 Å². The summed E-state index contributed by atoms with van der Waals surface area (Å²) in [7, 11) is 0. The van der Waals surface area contributed by atoms with Crippen molar-refractivity contribution in [2.45, 2.75) is 18.9 Å². The molecule has 108 valence electrons. The molecule has 0 amide bonds. The van der Waals surface area contributed by atoms with Gasteiger partial charge in [0.15, 0.2) is 5.11 Å². The SMILES string of the molecule is S=C(N/N=C\C=C\c1ccccc1)NC1CC2C=CC1C2. The van der Waals surface area contributed by atoms with E-state index in [0.717, 1.165) is 11.5 Å². The molecule has 1 saturated carbocycles. The number of rotatable bonds is 4. The average Bonchev–Trinajstić information content (AvgIpc) is 3.10. The highest BCUT2D eigenvalue weighted by molar-refractivity contribution is 7.80. The lowest BCUT2D eigenvalue weighted by Crippen LogP contribution is -2.41. The molecule has 3 rings (SSSR count). The fourth-order valence-corrected chi connectivity index (χ4v) is 3.21. The van der Waals surface area contributed by atoms with Crippen molar-refractivity contribution >= 4 is 29.6 Å². The predicted octanol–water partition coefficient (Wildman–Crippen LogP) is 3.11. The largest absolute Gasteiger partial charge is 0.358 e. The molecule has 0 radical (unpaired) electrons. The predicted molar refractivity (Wildman–Crippen MR) is 92.0 cm³/mol. The molecule has 0 aromatic heterocycles. The highest BCUT2D eigenvalue weighted by Crippen LogP contribution is 2.38. The number of hydrogen-bond donors (Lipinski definition) is 2. The Hall–Kier alpha value is -1.94. The van der Waals surface area contributed by atoms with Gasteiger partial charge in [-0.2, -0.15) is 5.10 Å². The lowest BCUT2D eigenvalue weighted by Gasteiger charge is -2.20. The summed E-state index contributed by atoms with van der Waals surface area (Å²) in [4.78, 5) is 0. The Labute approximate surface area is 130 Å². The van der Waals surface area contributed by atoms with Crippen LogP contribution in [0.1, 0.15) is 18.4 Å². The molecule has 2 aliphatic rings. The molecule has 2 N–H and O–H groups in total. The molecule has 3 atom stereocenters. The number of thiocarbonyl (C=S) groups is 1. The van der Waals surface area contributed by atoms with Crippen LogP contribution in [0.2, 0.25) is 0 Å². The van der Waals surface area contributed by atoms with Crippen LogP contribution in [0.5, 0.6) is 0 Å². The summed E-state index contributed by atoms with van der Waals surface area (Å²) in [5, 5.41) is 8.06. The highest BCUT2D eigenvalue weighted by atomic mass is 32.1. The Balaban J connectivity index is 1.40. The number of nitrogens with zero attached hydrogens (tertiary/aromatic N) is 1. The Morgan fingerprint density at radius 3 is 2.76 bits per heavy atom. The Kier molecular flexibility index (Phi) is 4.46. The van der Waals surface area contributed by atoms with Gasteiger partial charge in [-0.3, -0.25) is 5.43 Å². The lowest BCUT2D eigenvalue weighted by atomic mass is 10.0. The van der Waals surface area contributed by atoms with Gasteiger partial charge >= 0.3 is 0 Å². The number of hydrogen-bond acceptors (Lipinski definition) is 2. The topological polar surface area (TPSA) is 36.4 Å².